The number of benzene rings is 1. The molecule has 0 bridgehead atoms. The van der Waals surface area contributed by atoms with E-state index in [2.05, 4.69) is 0 Å². The van der Waals surface area contributed by atoms with Gasteiger partial charge in [-0.3, -0.25) is 0 Å². The minimum atomic E-state index is -1.67. The van der Waals surface area contributed by atoms with Crippen LogP contribution in [0.25, 0.3) is 0 Å². The molecular weight excluding hydrogens is 230 g/mol. The maximum atomic E-state index is 9.55. The van der Waals surface area contributed by atoms with E-state index < -0.39 is 9.90 Å². The summed E-state index contributed by atoms with van der Waals surface area (Å²) in [6, 6.07) is 7.19. The van der Waals surface area contributed by atoms with Crippen LogP contribution >= 0.6 is 34.8 Å². The van der Waals surface area contributed by atoms with Gasteiger partial charge < -0.3 is 5.11 Å². The number of alkyl halides is 3. The Morgan fingerprint density at radius 1 is 1.15 bits per heavy atom. The summed E-state index contributed by atoms with van der Waals surface area (Å²) < 4.78 is -1.67. The van der Waals surface area contributed by atoms with Crippen LogP contribution in [-0.4, -0.2) is 8.90 Å². The van der Waals surface area contributed by atoms with Gasteiger partial charge in [0, 0.05) is 0 Å². The van der Waals surface area contributed by atoms with E-state index in [0.717, 1.165) is 5.56 Å². The summed E-state index contributed by atoms with van der Waals surface area (Å²) in [6.07, 6.45) is -1.09. The van der Waals surface area contributed by atoms with Crippen LogP contribution in [0.15, 0.2) is 24.3 Å². The first kappa shape index (κ1) is 11.1. The molecular formula is C9H9Cl3O. The molecule has 0 radical (unpaired) electrons. The fraction of sp³-hybridized carbons (Fsp3) is 0.333. The molecule has 1 atom stereocenters. The topological polar surface area (TPSA) is 20.2 Å². The van der Waals surface area contributed by atoms with Gasteiger partial charge >= 0.3 is 0 Å². The lowest BCUT2D eigenvalue weighted by Gasteiger charge is -2.19. The third kappa shape index (κ3) is 3.03. The summed E-state index contributed by atoms with van der Waals surface area (Å²) in [5.41, 5.74) is 1.70. The third-order valence-corrected chi connectivity index (χ3v) is 2.32. The second-order valence-corrected chi connectivity index (χ2v) is 5.22. The van der Waals surface area contributed by atoms with Gasteiger partial charge in [-0.05, 0) is 12.5 Å². The molecule has 1 aromatic carbocycles. The summed E-state index contributed by atoms with van der Waals surface area (Å²) in [5.74, 6) is 0. The summed E-state index contributed by atoms with van der Waals surface area (Å²) in [7, 11) is 0. The van der Waals surface area contributed by atoms with Gasteiger partial charge in [-0.25, -0.2) is 0 Å². The number of halogens is 3. The van der Waals surface area contributed by atoms with Gasteiger partial charge in [0.05, 0.1) is 0 Å². The summed E-state index contributed by atoms with van der Waals surface area (Å²) in [5, 5.41) is 9.55. The van der Waals surface area contributed by atoms with Crippen LogP contribution in [0, 0.1) is 6.92 Å². The van der Waals surface area contributed by atoms with Crippen molar-refractivity contribution in [1.29, 1.82) is 0 Å². The standard InChI is InChI=1S/C9H9Cl3O/c1-6-2-4-7(5-3-6)8(13)9(10,11)12/h2-5,8,13H,1H3. The molecule has 0 spiro atoms. The highest BCUT2D eigenvalue weighted by molar-refractivity contribution is 6.68. The molecule has 4 heteroatoms. The molecule has 1 unspecified atom stereocenters. The molecule has 1 aromatic rings. The Balaban J connectivity index is 2.90. The Kier molecular flexibility index (Phi) is 3.47. The van der Waals surface area contributed by atoms with Crippen LogP contribution in [0.2, 0.25) is 0 Å². The molecule has 0 amide bonds. The second-order valence-electron chi connectivity index (χ2n) is 2.85. The molecule has 1 nitrogen and oxygen atoms in total. The van der Waals surface area contributed by atoms with Crippen molar-refractivity contribution in [2.24, 2.45) is 0 Å². The second kappa shape index (κ2) is 4.05. The highest BCUT2D eigenvalue weighted by Crippen LogP contribution is 2.39. The minimum absolute atomic E-state index is 0.602. The zero-order valence-electron chi connectivity index (χ0n) is 6.97. The molecule has 1 rings (SSSR count). The maximum absolute atomic E-state index is 9.55. The first-order valence-electron chi connectivity index (χ1n) is 3.72. The number of hydrogen-bond donors (Lipinski definition) is 1. The molecule has 0 saturated carbocycles. The first-order chi connectivity index (χ1) is 5.91. The van der Waals surface area contributed by atoms with Crippen molar-refractivity contribution in [3.05, 3.63) is 35.4 Å². The van der Waals surface area contributed by atoms with Crippen molar-refractivity contribution < 1.29 is 5.11 Å². The molecule has 0 saturated heterocycles. The van der Waals surface area contributed by atoms with E-state index in [1.54, 1.807) is 12.1 Å². The molecule has 0 aliphatic carbocycles. The normalized spacial score (nSPS) is 14.2. The van der Waals surface area contributed by atoms with E-state index in [1.165, 1.54) is 0 Å². The highest BCUT2D eigenvalue weighted by atomic mass is 35.6. The van der Waals surface area contributed by atoms with Gasteiger partial charge in [0.25, 0.3) is 0 Å². The fourth-order valence-corrected chi connectivity index (χ4v) is 1.32. The van der Waals surface area contributed by atoms with E-state index >= 15 is 0 Å². The van der Waals surface area contributed by atoms with Gasteiger partial charge in [0.2, 0.25) is 3.79 Å². The van der Waals surface area contributed by atoms with Crippen molar-refractivity contribution >= 4 is 34.8 Å². The van der Waals surface area contributed by atoms with Gasteiger partial charge in [0.1, 0.15) is 6.10 Å². The fourth-order valence-electron chi connectivity index (χ4n) is 0.938. The molecule has 13 heavy (non-hydrogen) atoms. The van der Waals surface area contributed by atoms with Gasteiger partial charge in [0.15, 0.2) is 0 Å². The van der Waals surface area contributed by atoms with Crippen molar-refractivity contribution in [2.45, 2.75) is 16.8 Å². The summed E-state index contributed by atoms with van der Waals surface area (Å²) >= 11 is 16.6. The van der Waals surface area contributed by atoms with Crippen LogP contribution in [0.4, 0.5) is 0 Å². The van der Waals surface area contributed by atoms with Crippen molar-refractivity contribution in [3.63, 3.8) is 0 Å². The molecule has 72 valence electrons. The Labute approximate surface area is 92.2 Å². The van der Waals surface area contributed by atoms with Crippen LogP contribution in [-0.2, 0) is 0 Å². The van der Waals surface area contributed by atoms with Crippen molar-refractivity contribution in [2.75, 3.05) is 0 Å². The van der Waals surface area contributed by atoms with E-state index in [1.807, 2.05) is 19.1 Å². The maximum Gasteiger partial charge on any atom is 0.220 e. The lowest BCUT2D eigenvalue weighted by Crippen LogP contribution is -2.16. The predicted octanol–water partition coefficient (Wildman–Crippen LogP) is 3.40. The Hall–Kier alpha value is 0.0500. The average Bonchev–Trinajstić information content (AvgIpc) is 2.03. The number of hydrogen-bond acceptors (Lipinski definition) is 1. The molecule has 1 N–H and O–H groups in total. The third-order valence-electron chi connectivity index (χ3n) is 1.70. The quantitative estimate of drug-likeness (QED) is 0.745. The van der Waals surface area contributed by atoms with Crippen LogP contribution in [0.3, 0.4) is 0 Å². The largest absolute Gasteiger partial charge is 0.384 e. The summed E-state index contributed by atoms with van der Waals surface area (Å²) in [4.78, 5) is 0. The molecule has 0 heterocycles. The minimum Gasteiger partial charge on any atom is -0.384 e. The lowest BCUT2D eigenvalue weighted by atomic mass is 10.1. The molecule has 0 aliphatic rings. The molecule has 0 aromatic heterocycles. The molecule has 0 fully saturated rings. The van der Waals surface area contributed by atoms with Gasteiger partial charge in [-0.2, -0.15) is 0 Å². The number of rotatable bonds is 1. The smallest absolute Gasteiger partial charge is 0.220 e. The van der Waals surface area contributed by atoms with E-state index in [0.29, 0.717) is 5.56 Å². The predicted molar refractivity (Wildman–Crippen MR) is 56.4 cm³/mol. The Bertz CT molecular complexity index is 276. The monoisotopic (exact) mass is 238 g/mol. The van der Waals surface area contributed by atoms with Crippen LogP contribution < -0.4 is 0 Å². The van der Waals surface area contributed by atoms with Gasteiger partial charge in [-0.15, -0.1) is 0 Å². The Morgan fingerprint density at radius 2 is 1.62 bits per heavy atom. The highest BCUT2D eigenvalue weighted by Gasteiger charge is 2.31. The number of aliphatic hydroxyl groups is 1. The van der Waals surface area contributed by atoms with Crippen molar-refractivity contribution in [3.8, 4) is 0 Å². The van der Waals surface area contributed by atoms with Gasteiger partial charge in [-0.1, -0.05) is 64.6 Å². The average molecular weight is 240 g/mol. The van der Waals surface area contributed by atoms with Crippen LogP contribution in [0.1, 0.15) is 17.2 Å². The van der Waals surface area contributed by atoms with Crippen molar-refractivity contribution in [1.82, 2.24) is 0 Å². The zero-order chi connectivity index (χ0) is 10.1. The first-order valence-corrected chi connectivity index (χ1v) is 4.86. The zero-order valence-corrected chi connectivity index (χ0v) is 9.24. The lowest BCUT2D eigenvalue weighted by molar-refractivity contribution is 0.182. The Morgan fingerprint density at radius 3 is 2.00 bits per heavy atom. The van der Waals surface area contributed by atoms with E-state index in [-0.39, 0.29) is 0 Å². The van der Waals surface area contributed by atoms with E-state index in [4.69, 9.17) is 34.8 Å². The molecule has 0 aliphatic heterocycles. The number of aliphatic hydroxyl groups excluding tert-OH is 1. The van der Waals surface area contributed by atoms with Crippen LogP contribution in [0.5, 0.6) is 0 Å². The SMILES string of the molecule is Cc1ccc(C(O)C(Cl)(Cl)Cl)cc1. The van der Waals surface area contributed by atoms with E-state index in [9.17, 15) is 5.11 Å². The summed E-state index contributed by atoms with van der Waals surface area (Å²) in [6.45, 7) is 1.95. The number of aryl methyl sites for hydroxylation is 1.